The molecule has 1 saturated carbocycles. The van der Waals surface area contributed by atoms with Crippen LogP contribution in [0.4, 0.5) is 0 Å². The van der Waals surface area contributed by atoms with Gasteiger partial charge in [0, 0.05) is 5.71 Å². The summed E-state index contributed by atoms with van der Waals surface area (Å²) in [6.07, 6.45) is 6.26. The van der Waals surface area contributed by atoms with Gasteiger partial charge in [0.05, 0.1) is 5.70 Å². The van der Waals surface area contributed by atoms with Crippen molar-refractivity contribution >= 4 is 11.4 Å². The predicted molar refractivity (Wildman–Crippen MR) is 66.0 cm³/mol. The lowest BCUT2D eigenvalue weighted by Gasteiger charge is -2.12. The Morgan fingerprint density at radius 1 is 1.00 bits per heavy atom. The zero-order valence-electron chi connectivity index (χ0n) is 9.08. The fourth-order valence-corrected chi connectivity index (χ4v) is 1.96. The van der Waals surface area contributed by atoms with Gasteiger partial charge in [-0.3, -0.25) is 4.99 Å². The first-order chi connectivity index (χ1) is 7.36. The van der Waals surface area contributed by atoms with Crippen LogP contribution >= 0.6 is 0 Å². The Labute approximate surface area is 91.6 Å². The van der Waals surface area contributed by atoms with Crippen LogP contribution in [-0.4, -0.2) is 5.71 Å². The Hall–Kier alpha value is -1.37. The molecule has 1 aromatic rings. The summed E-state index contributed by atoms with van der Waals surface area (Å²) >= 11 is 0. The Morgan fingerprint density at radius 2 is 1.67 bits per heavy atom. The summed E-state index contributed by atoms with van der Waals surface area (Å²) in [5, 5.41) is 0. The molecule has 1 fully saturated rings. The molecule has 0 N–H and O–H groups in total. The van der Waals surface area contributed by atoms with Gasteiger partial charge in [-0.05, 0) is 31.2 Å². The first-order valence-electron chi connectivity index (χ1n) is 5.67. The minimum absolute atomic E-state index is 0.910. The summed E-state index contributed by atoms with van der Waals surface area (Å²) in [5.74, 6) is 0. The molecule has 1 aliphatic rings. The highest BCUT2D eigenvalue weighted by Gasteiger charge is 2.07. The predicted octanol–water partition coefficient (Wildman–Crippen LogP) is 4.06. The van der Waals surface area contributed by atoms with Crippen LogP contribution in [0.15, 0.2) is 41.9 Å². The van der Waals surface area contributed by atoms with E-state index < -0.39 is 0 Å². The molecule has 1 aromatic carbocycles. The molecule has 0 heterocycles. The van der Waals surface area contributed by atoms with Gasteiger partial charge in [0.1, 0.15) is 0 Å². The van der Waals surface area contributed by atoms with Crippen LogP contribution in [0.2, 0.25) is 0 Å². The number of aliphatic imine (C=N–C) groups is 1. The first kappa shape index (κ1) is 10.2. The van der Waals surface area contributed by atoms with E-state index in [0.29, 0.717) is 0 Å². The molecule has 0 radical (unpaired) electrons. The van der Waals surface area contributed by atoms with Gasteiger partial charge < -0.3 is 0 Å². The van der Waals surface area contributed by atoms with Crippen LogP contribution in [0.25, 0.3) is 5.70 Å². The van der Waals surface area contributed by atoms with Crippen molar-refractivity contribution in [2.24, 2.45) is 4.99 Å². The molecule has 0 amide bonds. The fourth-order valence-electron chi connectivity index (χ4n) is 1.96. The number of benzene rings is 1. The molecule has 2 rings (SSSR count). The van der Waals surface area contributed by atoms with Crippen LogP contribution < -0.4 is 0 Å². The van der Waals surface area contributed by atoms with Crippen molar-refractivity contribution in [1.82, 2.24) is 0 Å². The van der Waals surface area contributed by atoms with Gasteiger partial charge >= 0.3 is 0 Å². The molecule has 1 aliphatic carbocycles. The molecular formula is C14H17N. The summed E-state index contributed by atoms with van der Waals surface area (Å²) in [5.41, 5.74) is 3.37. The van der Waals surface area contributed by atoms with Gasteiger partial charge in [0.15, 0.2) is 0 Å². The molecule has 0 unspecified atom stereocenters. The second-order valence-electron chi connectivity index (χ2n) is 4.05. The zero-order valence-corrected chi connectivity index (χ0v) is 9.08. The Bertz CT molecular complexity index is 354. The Balaban J connectivity index is 2.08. The molecule has 15 heavy (non-hydrogen) atoms. The summed E-state index contributed by atoms with van der Waals surface area (Å²) in [4.78, 5) is 4.63. The number of rotatable bonds is 2. The van der Waals surface area contributed by atoms with Crippen LogP contribution in [0.5, 0.6) is 0 Å². The fraction of sp³-hybridized carbons (Fsp3) is 0.357. The average Bonchev–Trinajstić information content (AvgIpc) is 2.31. The van der Waals surface area contributed by atoms with Crippen molar-refractivity contribution in [2.45, 2.75) is 32.1 Å². The smallest absolute Gasteiger partial charge is 0.0629 e. The van der Waals surface area contributed by atoms with E-state index in [1.807, 2.05) is 18.2 Å². The molecule has 0 aromatic heterocycles. The summed E-state index contributed by atoms with van der Waals surface area (Å²) in [6.45, 7) is 4.03. The molecule has 78 valence electrons. The monoisotopic (exact) mass is 199 g/mol. The van der Waals surface area contributed by atoms with E-state index in [-0.39, 0.29) is 0 Å². The Kier molecular flexibility index (Phi) is 3.33. The van der Waals surface area contributed by atoms with Crippen molar-refractivity contribution in [3.8, 4) is 0 Å². The van der Waals surface area contributed by atoms with E-state index in [9.17, 15) is 0 Å². The number of hydrogen-bond acceptors (Lipinski definition) is 1. The lowest BCUT2D eigenvalue weighted by atomic mass is 9.98. The van der Waals surface area contributed by atoms with Crippen molar-refractivity contribution in [3.05, 3.63) is 42.5 Å². The third-order valence-corrected chi connectivity index (χ3v) is 2.83. The minimum Gasteiger partial charge on any atom is -0.258 e. The van der Waals surface area contributed by atoms with Crippen molar-refractivity contribution < 1.29 is 0 Å². The van der Waals surface area contributed by atoms with Gasteiger partial charge in [0.25, 0.3) is 0 Å². The maximum absolute atomic E-state index is 4.63. The summed E-state index contributed by atoms with van der Waals surface area (Å²) in [6, 6.07) is 10.2. The molecule has 0 saturated heterocycles. The highest BCUT2D eigenvalue weighted by molar-refractivity contribution is 5.89. The molecule has 1 nitrogen and oxygen atoms in total. The lowest BCUT2D eigenvalue weighted by molar-refractivity contribution is 0.667. The number of hydrogen-bond donors (Lipinski definition) is 0. The molecule has 0 aliphatic heterocycles. The molecule has 0 spiro atoms. The van der Waals surface area contributed by atoms with E-state index >= 15 is 0 Å². The maximum Gasteiger partial charge on any atom is 0.0629 e. The first-order valence-corrected chi connectivity index (χ1v) is 5.67. The summed E-state index contributed by atoms with van der Waals surface area (Å²) in [7, 11) is 0. The molecular weight excluding hydrogens is 182 g/mol. The second kappa shape index (κ2) is 4.92. The van der Waals surface area contributed by atoms with Crippen LogP contribution in [0.1, 0.15) is 37.7 Å². The lowest BCUT2D eigenvalue weighted by Crippen LogP contribution is -2.04. The van der Waals surface area contributed by atoms with Gasteiger partial charge in [0.2, 0.25) is 0 Å². The quantitative estimate of drug-likeness (QED) is 0.681. The van der Waals surface area contributed by atoms with Crippen LogP contribution in [0.3, 0.4) is 0 Å². The highest BCUT2D eigenvalue weighted by atomic mass is 14.8. The van der Waals surface area contributed by atoms with Crippen molar-refractivity contribution in [3.63, 3.8) is 0 Å². The van der Waals surface area contributed by atoms with E-state index in [1.165, 1.54) is 25.0 Å². The maximum atomic E-state index is 4.63. The second-order valence-corrected chi connectivity index (χ2v) is 4.05. The van der Waals surface area contributed by atoms with E-state index in [4.69, 9.17) is 0 Å². The average molecular weight is 199 g/mol. The van der Waals surface area contributed by atoms with Gasteiger partial charge in [-0.15, -0.1) is 0 Å². The van der Waals surface area contributed by atoms with Crippen LogP contribution in [0, 0.1) is 0 Å². The van der Waals surface area contributed by atoms with Gasteiger partial charge in [-0.2, -0.15) is 0 Å². The van der Waals surface area contributed by atoms with E-state index in [2.05, 4.69) is 23.7 Å². The van der Waals surface area contributed by atoms with E-state index in [0.717, 1.165) is 24.1 Å². The molecule has 0 bridgehead atoms. The standard InChI is InChI=1S/C14H17N/c1-12(13-8-4-2-5-9-13)15-14-10-6-3-7-11-14/h2,4-5,8-9H,1,3,6-7,10-11H2. The third kappa shape index (κ3) is 2.79. The largest absolute Gasteiger partial charge is 0.258 e. The Morgan fingerprint density at radius 3 is 2.33 bits per heavy atom. The van der Waals surface area contributed by atoms with Crippen LogP contribution in [-0.2, 0) is 0 Å². The number of nitrogens with zero attached hydrogens (tertiary/aromatic N) is 1. The van der Waals surface area contributed by atoms with Crippen molar-refractivity contribution in [1.29, 1.82) is 0 Å². The molecule has 1 heteroatoms. The molecule has 0 atom stereocenters. The minimum atomic E-state index is 0.910. The zero-order chi connectivity index (χ0) is 10.5. The topological polar surface area (TPSA) is 12.4 Å². The SMILES string of the molecule is C=C(N=C1CCCCC1)c1ccccc1. The van der Waals surface area contributed by atoms with Gasteiger partial charge in [-0.1, -0.05) is 43.3 Å². The highest BCUT2D eigenvalue weighted by Crippen LogP contribution is 2.19. The normalized spacial score (nSPS) is 16.1. The van der Waals surface area contributed by atoms with Gasteiger partial charge in [-0.25, -0.2) is 0 Å². The summed E-state index contributed by atoms with van der Waals surface area (Å²) < 4.78 is 0. The van der Waals surface area contributed by atoms with Crippen molar-refractivity contribution in [2.75, 3.05) is 0 Å². The van der Waals surface area contributed by atoms with E-state index in [1.54, 1.807) is 0 Å². The third-order valence-electron chi connectivity index (χ3n) is 2.83.